The number of carboxylic acids is 1. The van der Waals surface area contributed by atoms with Crippen LogP contribution in [0, 0.1) is 0 Å². The molecule has 0 radical (unpaired) electrons. The number of aliphatic hydroxyl groups is 1. The first-order valence-corrected chi connectivity index (χ1v) is 5.48. The number of para-hydroxylation sites is 1. The van der Waals surface area contributed by atoms with E-state index >= 15 is 0 Å². The minimum Gasteiger partial charge on any atom is -0.481 e. The molecule has 0 spiro atoms. The van der Waals surface area contributed by atoms with Gasteiger partial charge in [0.1, 0.15) is 5.75 Å². The first-order chi connectivity index (χ1) is 8.84. The van der Waals surface area contributed by atoms with Crippen LogP contribution >= 0.6 is 0 Å². The smallest absolute Gasteiger partial charge is 0.426 e. The quantitative estimate of drug-likeness (QED) is 0.835. The zero-order chi connectivity index (χ0) is 14.5. The molecule has 0 aliphatic heterocycles. The number of benzene rings is 1. The summed E-state index contributed by atoms with van der Waals surface area (Å²) in [7, 11) is 0. The molecule has 1 rings (SSSR count). The molecule has 1 aromatic carbocycles. The minimum absolute atomic E-state index is 0.0693. The Hall–Kier alpha value is -1.76. The van der Waals surface area contributed by atoms with Crippen LogP contribution in [0.4, 0.5) is 13.2 Å². The van der Waals surface area contributed by atoms with E-state index in [4.69, 9.17) is 14.9 Å². The van der Waals surface area contributed by atoms with Crippen molar-refractivity contribution in [1.82, 2.24) is 0 Å². The van der Waals surface area contributed by atoms with Crippen LogP contribution in [-0.4, -0.2) is 35.1 Å². The Bertz CT molecular complexity index is 431. The van der Waals surface area contributed by atoms with Crippen LogP contribution in [0.3, 0.4) is 0 Å². The topological polar surface area (TPSA) is 66.8 Å². The Morgan fingerprint density at radius 3 is 2.47 bits per heavy atom. The Kier molecular flexibility index (Phi) is 5.17. The molecule has 0 aliphatic carbocycles. The fourth-order valence-electron chi connectivity index (χ4n) is 1.48. The fraction of sp³-hybridized carbons (Fsp3) is 0.417. The molecule has 1 atom stereocenters. The van der Waals surface area contributed by atoms with E-state index in [0.717, 1.165) is 0 Å². The standard InChI is InChI=1S/C12H13F3O4/c13-12(14,15)10(7-11(17)18)19-9-4-2-1-3-8(9)5-6-16/h1-4,10,16H,5-7H2,(H,17,18). The van der Waals surface area contributed by atoms with Crippen LogP contribution in [0.5, 0.6) is 5.75 Å². The molecule has 19 heavy (non-hydrogen) atoms. The highest BCUT2D eigenvalue weighted by molar-refractivity contribution is 5.67. The van der Waals surface area contributed by atoms with Gasteiger partial charge >= 0.3 is 12.1 Å². The summed E-state index contributed by atoms with van der Waals surface area (Å²) in [6, 6.07) is 5.90. The van der Waals surface area contributed by atoms with E-state index in [1.54, 1.807) is 6.07 Å². The third kappa shape index (κ3) is 4.78. The average Bonchev–Trinajstić information content (AvgIpc) is 2.29. The Morgan fingerprint density at radius 1 is 1.32 bits per heavy atom. The predicted molar refractivity (Wildman–Crippen MR) is 60.0 cm³/mol. The number of halogens is 3. The zero-order valence-corrected chi connectivity index (χ0v) is 9.85. The van der Waals surface area contributed by atoms with Gasteiger partial charge in [-0.05, 0) is 18.1 Å². The van der Waals surface area contributed by atoms with E-state index in [9.17, 15) is 18.0 Å². The van der Waals surface area contributed by atoms with Gasteiger partial charge in [0.2, 0.25) is 6.10 Å². The Labute approximate surface area is 107 Å². The van der Waals surface area contributed by atoms with E-state index in [1.165, 1.54) is 18.2 Å². The highest BCUT2D eigenvalue weighted by atomic mass is 19.4. The van der Waals surface area contributed by atoms with Crippen LogP contribution < -0.4 is 4.74 Å². The maximum atomic E-state index is 12.6. The van der Waals surface area contributed by atoms with Gasteiger partial charge in [-0.1, -0.05) is 18.2 Å². The monoisotopic (exact) mass is 278 g/mol. The average molecular weight is 278 g/mol. The first kappa shape index (κ1) is 15.3. The summed E-state index contributed by atoms with van der Waals surface area (Å²) in [6.45, 7) is -0.240. The molecule has 7 heteroatoms. The van der Waals surface area contributed by atoms with Gasteiger partial charge < -0.3 is 14.9 Å². The van der Waals surface area contributed by atoms with Gasteiger partial charge in [0.25, 0.3) is 0 Å². The van der Waals surface area contributed by atoms with Crippen LogP contribution in [-0.2, 0) is 11.2 Å². The molecule has 2 N–H and O–H groups in total. The SMILES string of the molecule is O=C(O)CC(Oc1ccccc1CCO)C(F)(F)F. The molecule has 0 saturated carbocycles. The van der Waals surface area contributed by atoms with Crippen molar-refractivity contribution >= 4 is 5.97 Å². The van der Waals surface area contributed by atoms with Crippen molar-refractivity contribution in [3.05, 3.63) is 29.8 Å². The normalized spacial score (nSPS) is 13.1. The number of ether oxygens (including phenoxy) is 1. The number of alkyl halides is 3. The van der Waals surface area contributed by atoms with Crippen molar-refractivity contribution in [3.63, 3.8) is 0 Å². The first-order valence-electron chi connectivity index (χ1n) is 5.48. The number of hydrogen-bond donors (Lipinski definition) is 2. The lowest BCUT2D eigenvalue weighted by Gasteiger charge is -2.21. The zero-order valence-electron chi connectivity index (χ0n) is 9.85. The molecule has 0 aromatic heterocycles. The van der Waals surface area contributed by atoms with E-state index in [1.807, 2.05) is 0 Å². The van der Waals surface area contributed by atoms with Crippen molar-refractivity contribution in [2.45, 2.75) is 25.1 Å². The summed E-state index contributed by atoms with van der Waals surface area (Å²) in [5.74, 6) is -1.66. The summed E-state index contributed by atoms with van der Waals surface area (Å²) in [6.07, 6.45) is -8.22. The molecule has 0 bridgehead atoms. The van der Waals surface area contributed by atoms with Gasteiger partial charge in [0.05, 0.1) is 6.42 Å². The number of carboxylic acid groups (broad SMARTS) is 1. The molecular formula is C12H13F3O4. The van der Waals surface area contributed by atoms with Crippen molar-refractivity contribution in [2.24, 2.45) is 0 Å². The molecule has 106 valence electrons. The minimum atomic E-state index is -4.77. The van der Waals surface area contributed by atoms with Gasteiger partial charge in [-0.15, -0.1) is 0 Å². The molecule has 1 aromatic rings. The van der Waals surface area contributed by atoms with Crippen LogP contribution in [0.2, 0.25) is 0 Å². The molecule has 0 saturated heterocycles. The number of aliphatic carboxylic acids is 1. The van der Waals surface area contributed by atoms with E-state index in [0.29, 0.717) is 5.56 Å². The van der Waals surface area contributed by atoms with Gasteiger partial charge in [-0.25, -0.2) is 0 Å². The van der Waals surface area contributed by atoms with Crippen molar-refractivity contribution in [1.29, 1.82) is 0 Å². The second kappa shape index (κ2) is 6.42. The lowest BCUT2D eigenvalue weighted by Crippen LogP contribution is -2.36. The number of rotatable bonds is 6. The van der Waals surface area contributed by atoms with Crippen LogP contribution in [0.1, 0.15) is 12.0 Å². The van der Waals surface area contributed by atoms with Crippen LogP contribution in [0.15, 0.2) is 24.3 Å². The number of carbonyl (C=O) groups is 1. The lowest BCUT2D eigenvalue weighted by molar-refractivity contribution is -0.200. The summed E-state index contributed by atoms with van der Waals surface area (Å²) in [4.78, 5) is 10.4. The van der Waals surface area contributed by atoms with Gasteiger partial charge in [0.15, 0.2) is 0 Å². The summed E-state index contributed by atoms with van der Waals surface area (Å²) in [5, 5.41) is 17.3. The van der Waals surface area contributed by atoms with Gasteiger partial charge in [0, 0.05) is 6.61 Å². The highest BCUT2D eigenvalue weighted by Crippen LogP contribution is 2.29. The maximum Gasteiger partial charge on any atom is 0.426 e. The second-order valence-corrected chi connectivity index (χ2v) is 3.83. The summed E-state index contributed by atoms with van der Waals surface area (Å²) in [5.41, 5.74) is 0.393. The Morgan fingerprint density at radius 2 is 1.95 bits per heavy atom. The van der Waals surface area contributed by atoms with Gasteiger partial charge in [-0.3, -0.25) is 4.79 Å². The molecule has 0 fully saturated rings. The lowest BCUT2D eigenvalue weighted by atomic mass is 10.1. The molecular weight excluding hydrogens is 265 g/mol. The molecule has 4 nitrogen and oxygen atoms in total. The fourth-order valence-corrected chi connectivity index (χ4v) is 1.48. The number of aliphatic hydroxyl groups excluding tert-OH is 1. The van der Waals surface area contributed by atoms with Crippen LogP contribution in [0.25, 0.3) is 0 Å². The molecule has 0 heterocycles. The van der Waals surface area contributed by atoms with E-state index in [2.05, 4.69) is 0 Å². The Balaban J connectivity index is 2.93. The third-order valence-electron chi connectivity index (χ3n) is 2.35. The number of hydrogen-bond acceptors (Lipinski definition) is 3. The van der Waals surface area contributed by atoms with Crippen molar-refractivity contribution < 1.29 is 32.9 Å². The van der Waals surface area contributed by atoms with E-state index < -0.39 is 24.7 Å². The van der Waals surface area contributed by atoms with Crippen molar-refractivity contribution in [3.8, 4) is 5.75 Å². The predicted octanol–water partition coefficient (Wildman–Crippen LogP) is 2.01. The maximum absolute atomic E-state index is 12.6. The molecule has 0 amide bonds. The van der Waals surface area contributed by atoms with Gasteiger partial charge in [-0.2, -0.15) is 13.2 Å². The van der Waals surface area contributed by atoms with E-state index in [-0.39, 0.29) is 18.8 Å². The summed E-state index contributed by atoms with van der Waals surface area (Å²) >= 11 is 0. The molecule has 1 unspecified atom stereocenters. The largest absolute Gasteiger partial charge is 0.481 e. The highest BCUT2D eigenvalue weighted by Gasteiger charge is 2.43. The second-order valence-electron chi connectivity index (χ2n) is 3.83. The third-order valence-corrected chi connectivity index (χ3v) is 2.35. The molecule has 0 aliphatic rings. The summed E-state index contributed by atoms with van der Waals surface area (Å²) < 4.78 is 42.7. The van der Waals surface area contributed by atoms with Crippen molar-refractivity contribution in [2.75, 3.05) is 6.61 Å².